The summed E-state index contributed by atoms with van der Waals surface area (Å²) in [7, 11) is 3.35. The third-order valence-corrected chi connectivity index (χ3v) is 4.62. The number of aryl methyl sites for hydroxylation is 2. The minimum atomic E-state index is -0.461. The summed E-state index contributed by atoms with van der Waals surface area (Å²) < 4.78 is 5.31. The molecule has 0 aliphatic rings. The molecule has 138 valence electrons. The van der Waals surface area contributed by atoms with E-state index in [0.717, 1.165) is 0 Å². The van der Waals surface area contributed by atoms with Crippen molar-refractivity contribution in [2.45, 2.75) is 18.7 Å². The number of nitrogens with one attached hydrogen (secondary N) is 2. The summed E-state index contributed by atoms with van der Waals surface area (Å²) in [6, 6.07) is 8.51. The zero-order chi connectivity index (χ0) is 19.3. The Morgan fingerprint density at radius 3 is 2.23 bits per heavy atom. The lowest BCUT2D eigenvalue weighted by Crippen LogP contribution is -2.41. The summed E-state index contributed by atoms with van der Waals surface area (Å²) in [5, 5.41) is 0. The number of hydrogen-bond acceptors (Lipinski definition) is 5. The van der Waals surface area contributed by atoms with Crippen LogP contribution < -0.4 is 10.9 Å². The van der Waals surface area contributed by atoms with Crippen LogP contribution in [0.15, 0.2) is 39.6 Å². The first-order valence-electron chi connectivity index (χ1n) is 7.89. The smallest absolute Gasteiger partial charge is 0.273 e. The standard InChI is InChI=1S/C18H21N3O4S/c1-11-9-14(12(2)25-11)18(24)20-19-17(23)13-7-5-6-8-15(13)26-10-16(22)21(3)4/h5-9H,10H2,1-4H3,(H,19,23)(H,20,24). The lowest BCUT2D eigenvalue weighted by atomic mass is 10.2. The Bertz CT molecular complexity index is 830. The van der Waals surface area contributed by atoms with Gasteiger partial charge < -0.3 is 9.32 Å². The average Bonchev–Trinajstić information content (AvgIpc) is 2.95. The molecule has 1 aromatic carbocycles. The molecular formula is C18H21N3O4S. The van der Waals surface area contributed by atoms with Crippen molar-refractivity contribution in [3.63, 3.8) is 0 Å². The Labute approximate surface area is 156 Å². The van der Waals surface area contributed by atoms with Gasteiger partial charge in [0.25, 0.3) is 11.8 Å². The number of benzene rings is 1. The molecule has 0 aliphatic heterocycles. The van der Waals surface area contributed by atoms with E-state index in [2.05, 4.69) is 10.9 Å². The first kappa shape index (κ1) is 19.6. The van der Waals surface area contributed by atoms with Crippen molar-refractivity contribution in [2.75, 3.05) is 19.8 Å². The van der Waals surface area contributed by atoms with E-state index in [4.69, 9.17) is 4.42 Å². The van der Waals surface area contributed by atoms with E-state index in [9.17, 15) is 14.4 Å². The second kappa shape index (κ2) is 8.57. The fourth-order valence-corrected chi connectivity index (χ4v) is 3.18. The van der Waals surface area contributed by atoms with Gasteiger partial charge in [-0.15, -0.1) is 11.8 Å². The van der Waals surface area contributed by atoms with Crippen molar-refractivity contribution in [1.29, 1.82) is 0 Å². The molecule has 2 aromatic rings. The maximum Gasteiger partial charge on any atom is 0.273 e. The Kier molecular flexibility index (Phi) is 6.46. The van der Waals surface area contributed by atoms with Crippen molar-refractivity contribution in [1.82, 2.24) is 15.8 Å². The first-order valence-corrected chi connectivity index (χ1v) is 8.88. The molecule has 8 heteroatoms. The van der Waals surface area contributed by atoms with Gasteiger partial charge in [-0.1, -0.05) is 12.1 Å². The number of carbonyl (C=O) groups excluding carboxylic acids is 3. The minimum absolute atomic E-state index is 0.0516. The van der Waals surface area contributed by atoms with Crippen LogP contribution in [0.4, 0.5) is 0 Å². The minimum Gasteiger partial charge on any atom is -0.466 e. The van der Waals surface area contributed by atoms with Gasteiger partial charge in [-0.05, 0) is 32.0 Å². The number of rotatable bonds is 5. The van der Waals surface area contributed by atoms with Crippen LogP contribution in [0.5, 0.6) is 0 Å². The summed E-state index contributed by atoms with van der Waals surface area (Å²) in [5.41, 5.74) is 5.52. The third-order valence-electron chi connectivity index (χ3n) is 3.56. The normalized spacial score (nSPS) is 10.3. The van der Waals surface area contributed by atoms with Crippen LogP contribution in [-0.4, -0.2) is 42.5 Å². The van der Waals surface area contributed by atoms with Gasteiger partial charge in [-0.2, -0.15) is 0 Å². The Morgan fingerprint density at radius 1 is 1.04 bits per heavy atom. The van der Waals surface area contributed by atoms with Gasteiger partial charge in [-0.3, -0.25) is 25.2 Å². The summed E-state index contributed by atoms with van der Waals surface area (Å²) in [6.45, 7) is 3.42. The van der Waals surface area contributed by atoms with E-state index in [1.54, 1.807) is 58.3 Å². The molecule has 2 N–H and O–H groups in total. The monoisotopic (exact) mass is 375 g/mol. The van der Waals surface area contributed by atoms with E-state index in [1.165, 1.54) is 16.7 Å². The molecule has 0 aliphatic carbocycles. The molecule has 0 bridgehead atoms. The summed E-state index contributed by atoms with van der Waals surface area (Å²) in [6.07, 6.45) is 0. The largest absolute Gasteiger partial charge is 0.466 e. The number of nitrogens with zero attached hydrogens (tertiary/aromatic N) is 1. The van der Waals surface area contributed by atoms with E-state index in [-0.39, 0.29) is 11.7 Å². The fourth-order valence-electron chi connectivity index (χ4n) is 2.15. The van der Waals surface area contributed by atoms with Crippen LogP contribution in [-0.2, 0) is 4.79 Å². The number of hydrogen-bond donors (Lipinski definition) is 2. The van der Waals surface area contributed by atoms with Gasteiger partial charge in [0.15, 0.2) is 0 Å². The Morgan fingerprint density at radius 2 is 1.65 bits per heavy atom. The number of hydrazine groups is 1. The number of furan rings is 1. The quantitative estimate of drug-likeness (QED) is 0.617. The zero-order valence-electron chi connectivity index (χ0n) is 15.1. The van der Waals surface area contributed by atoms with E-state index in [1.807, 2.05) is 0 Å². The lowest BCUT2D eigenvalue weighted by Gasteiger charge is -2.12. The summed E-state index contributed by atoms with van der Waals surface area (Å²) in [4.78, 5) is 38.5. The maximum absolute atomic E-state index is 12.4. The van der Waals surface area contributed by atoms with Gasteiger partial charge in [0, 0.05) is 19.0 Å². The van der Waals surface area contributed by atoms with Crippen molar-refractivity contribution >= 4 is 29.5 Å². The second-order valence-electron chi connectivity index (χ2n) is 5.81. The van der Waals surface area contributed by atoms with Crippen LogP contribution >= 0.6 is 11.8 Å². The SMILES string of the molecule is Cc1cc(C(=O)NNC(=O)c2ccccc2SCC(=O)N(C)C)c(C)o1. The van der Waals surface area contributed by atoms with Crippen LogP contribution in [0.1, 0.15) is 32.2 Å². The molecule has 26 heavy (non-hydrogen) atoms. The molecule has 7 nitrogen and oxygen atoms in total. The van der Waals surface area contributed by atoms with Gasteiger partial charge >= 0.3 is 0 Å². The molecular weight excluding hydrogens is 354 g/mol. The summed E-state index contributed by atoms with van der Waals surface area (Å²) >= 11 is 1.27. The molecule has 0 spiro atoms. The lowest BCUT2D eigenvalue weighted by molar-refractivity contribution is -0.125. The van der Waals surface area contributed by atoms with Crippen molar-refractivity contribution in [3.8, 4) is 0 Å². The predicted molar refractivity (Wildman–Crippen MR) is 99.0 cm³/mol. The average molecular weight is 375 g/mol. The third kappa shape index (κ3) is 4.89. The molecule has 0 fully saturated rings. The van der Waals surface area contributed by atoms with E-state index < -0.39 is 11.8 Å². The highest BCUT2D eigenvalue weighted by molar-refractivity contribution is 8.00. The predicted octanol–water partition coefficient (Wildman–Crippen LogP) is 2.15. The molecule has 0 saturated carbocycles. The molecule has 0 atom stereocenters. The molecule has 1 heterocycles. The highest BCUT2D eigenvalue weighted by Crippen LogP contribution is 2.22. The Balaban J connectivity index is 2.02. The number of amides is 3. The molecule has 0 saturated heterocycles. The van der Waals surface area contributed by atoms with Crippen molar-refractivity contribution in [3.05, 3.63) is 53.0 Å². The molecule has 0 unspecified atom stereocenters. The van der Waals surface area contributed by atoms with Crippen molar-refractivity contribution < 1.29 is 18.8 Å². The van der Waals surface area contributed by atoms with Crippen LogP contribution in [0, 0.1) is 13.8 Å². The summed E-state index contributed by atoms with van der Waals surface area (Å²) in [5.74, 6) is 0.345. The number of thioether (sulfide) groups is 1. The van der Waals surface area contributed by atoms with Crippen molar-refractivity contribution in [2.24, 2.45) is 0 Å². The second-order valence-corrected chi connectivity index (χ2v) is 6.83. The van der Waals surface area contributed by atoms with E-state index >= 15 is 0 Å². The number of carbonyl (C=O) groups is 3. The fraction of sp³-hybridized carbons (Fsp3) is 0.278. The molecule has 3 amide bonds. The highest BCUT2D eigenvalue weighted by atomic mass is 32.2. The molecule has 1 aromatic heterocycles. The topological polar surface area (TPSA) is 91.7 Å². The highest BCUT2D eigenvalue weighted by Gasteiger charge is 2.17. The van der Waals surface area contributed by atoms with Gasteiger partial charge in [0.05, 0.1) is 16.9 Å². The van der Waals surface area contributed by atoms with E-state index in [0.29, 0.717) is 27.5 Å². The van der Waals surface area contributed by atoms with Gasteiger partial charge in [0.1, 0.15) is 11.5 Å². The van der Waals surface area contributed by atoms with Crippen LogP contribution in [0.2, 0.25) is 0 Å². The van der Waals surface area contributed by atoms with Gasteiger partial charge in [0.2, 0.25) is 5.91 Å². The van der Waals surface area contributed by atoms with Crippen LogP contribution in [0.3, 0.4) is 0 Å². The maximum atomic E-state index is 12.4. The van der Waals surface area contributed by atoms with Crippen LogP contribution in [0.25, 0.3) is 0 Å². The molecule has 2 rings (SSSR count). The zero-order valence-corrected chi connectivity index (χ0v) is 15.9. The van der Waals surface area contributed by atoms with Gasteiger partial charge in [-0.25, -0.2) is 0 Å². The first-order chi connectivity index (χ1) is 12.3. The molecule has 0 radical (unpaired) electrons. The Hall–Kier alpha value is -2.74.